The summed E-state index contributed by atoms with van der Waals surface area (Å²) >= 11 is 0. The molecule has 36 heavy (non-hydrogen) atoms. The third-order valence-electron chi connectivity index (χ3n) is 6.91. The van der Waals surface area contributed by atoms with Crippen molar-refractivity contribution in [2.75, 3.05) is 11.9 Å². The van der Waals surface area contributed by atoms with Crippen LogP contribution in [0.15, 0.2) is 54.7 Å². The fourth-order valence-electron chi connectivity index (χ4n) is 5.18. The summed E-state index contributed by atoms with van der Waals surface area (Å²) in [5.74, 6) is -1.02. The van der Waals surface area contributed by atoms with Crippen LogP contribution in [0, 0.1) is 17.2 Å². The number of hydrogen-bond acceptors (Lipinski definition) is 6. The molecule has 1 spiro atoms. The topological polar surface area (TPSA) is 128 Å². The van der Waals surface area contributed by atoms with Crippen LogP contribution < -0.4 is 10.6 Å². The van der Waals surface area contributed by atoms with Gasteiger partial charge in [0.2, 0.25) is 11.8 Å². The number of rotatable bonds is 5. The second kappa shape index (κ2) is 9.04. The van der Waals surface area contributed by atoms with E-state index in [1.54, 1.807) is 12.1 Å². The van der Waals surface area contributed by atoms with Crippen molar-refractivity contribution in [2.45, 2.75) is 44.2 Å². The Morgan fingerprint density at radius 3 is 2.67 bits per heavy atom. The van der Waals surface area contributed by atoms with Crippen LogP contribution in [0.25, 0.3) is 11.0 Å². The first kappa shape index (κ1) is 23.4. The third-order valence-corrected chi connectivity index (χ3v) is 6.91. The first-order valence-corrected chi connectivity index (χ1v) is 12.0. The fraction of sp³-hybridized carbons (Fsp3) is 0.333. The Kier molecular flexibility index (Phi) is 5.88. The first-order chi connectivity index (χ1) is 17.3. The summed E-state index contributed by atoms with van der Waals surface area (Å²) in [6.07, 6.45) is 1.96. The molecule has 9 nitrogen and oxygen atoms in total. The Bertz CT molecular complexity index is 1410. The summed E-state index contributed by atoms with van der Waals surface area (Å²) in [5.41, 5.74) is 1.86. The van der Waals surface area contributed by atoms with E-state index in [-0.39, 0.29) is 36.4 Å². The number of nitrogens with one attached hydrogen (secondary N) is 2. The van der Waals surface area contributed by atoms with Gasteiger partial charge in [0, 0.05) is 18.7 Å². The predicted octanol–water partition coefficient (Wildman–Crippen LogP) is 2.79. The highest BCUT2D eigenvalue weighted by molar-refractivity contribution is 6.07. The van der Waals surface area contributed by atoms with Crippen molar-refractivity contribution < 1.29 is 14.4 Å². The van der Waals surface area contributed by atoms with Gasteiger partial charge in [-0.15, -0.1) is 0 Å². The molecule has 1 saturated heterocycles. The summed E-state index contributed by atoms with van der Waals surface area (Å²) in [6.45, 7) is 3.99. The van der Waals surface area contributed by atoms with Gasteiger partial charge in [-0.2, -0.15) is 5.26 Å². The average Bonchev–Trinajstić information content (AvgIpc) is 3.40. The molecule has 3 atom stereocenters. The molecule has 0 saturated carbocycles. The number of carbonyl (C=O) groups excluding carboxylic acids is 3. The molecule has 0 unspecified atom stereocenters. The molecule has 5 rings (SSSR count). The summed E-state index contributed by atoms with van der Waals surface area (Å²) in [4.78, 5) is 50.1. The lowest BCUT2D eigenvalue weighted by atomic mass is 9.80. The summed E-state index contributed by atoms with van der Waals surface area (Å²) in [6, 6.07) is 15.1. The van der Waals surface area contributed by atoms with Crippen molar-refractivity contribution in [1.29, 1.82) is 5.26 Å². The van der Waals surface area contributed by atoms with E-state index >= 15 is 0 Å². The summed E-state index contributed by atoms with van der Waals surface area (Å²) < 4.78 is 0. The molecule has 3 heterocycles. The maximum atomic E-state index is 13.8. The molecule has 1 fully saturated rings. The van der Waals surface area contributed by atoms with Crippen molar-refractivity contribution in [3.63, 3.8) is 0 Å². The summed E-state index contributed by atoms with van der Waals surface area (Å²) in [7, 11) is 0. The van der Waals surface area contributed by atoms with Gasteiger partial charge in [-0.25, -0.2) is 4.98 Å². The molecule has 3 amide bonds. The van der Waals surface area contributed by atoms with E-state index in [4.69, 9.17) is 0 Å². The van der Waals surface area contributed by atoms with E-state index in [1.165, 1.54) is 11.1 Å². The molecule has 182 valence electrons. The number of amides is 3. The normalized spacial score (nSPS) is 21.3. The molecule has 0 aliphatic carbocycles. The van der Waals surface area contributed by atoms with Gasteiger partial charge in [0.25, 0.3) is 5.91 Å². The van der Waals surface area contributed by atoms with Crippen molar-refractivity contribution in [1.82, 2.24) is 20.2 Å². The highest BCUT2D eigenvalue weighted by Gasteiger charge is 2.56. The number of benzene rings is 2. The standard InChI is InChI=1S/C27H26N6O3/c1-16(2)11-22(31-24(34)23-14-29-20-9-5-6-10-21(20)30-23)25(35)33-15-27(12-17(33)13-28)18-7-3-4-8-19(18)32-26(27)36/h3-10,14,16-17,22H,11-12,15H2,1-2H3,(H,31,34)(H,32,36)/t17-,22-,27-/m0/s1. The molecule has 3 aromatic rings. The van der Waals surface area contributed by atoms with Crippen LogP contribution in [0.4, 0.5) is 5.69 Å². The molecule has 0 bridgehead atoms. The van der Waals surface area contributed by atoms with E-state index in [0.717, 1.165) is 5.56 Å². The van der Waals surface area contributed by atoms with Crippen LogP contribution in [-0.2, 0) is 15.0 Å². The number of hydrogen-bond donors (Lipinski definition) is 2. The Balaban J connectivity index is 1.42. The fourth-order valence-corrected chi connectivity index (χ4v) is 5.18. The number of carbonyl (C=O) groups is 3. The van der Waals surface area contributed by atoms with Crippen molar-refractivity contribution in [2.24, 2.45) is 5.92 Å². The van der Waals surface area contributed by atoms with Crippen LogP contribution in [0.3, 0.4) is 0 Å². The van der Waals surface area contributed by atoms with E-state index < -0.39 is 23.4 Å². The van der Waals surface area contributed by atoms with Gasteiger partial charge in [0.1, 0.15) is 17.8 Å². The van der Waals surface area contributed by atoms with Crippen LogP contribution in [0.1, 0.15) is 42.7 Å². The SMILES string of the molecule is CC(C)C[C@H](NC(=O)c1cnc2ccccc2n1)C(=O)N1C[C@]2(C[C@H]1C#N)C(=O)Nc1ccccc12. The monoisotopic (exact) mass is 482 g/mol. The molecule has 2 aliphatic heterocycles. The largest absolute Gasteiger partial charge is 0.339 e. The molecule has 2 N–H and O–H groups in total. The Morgan fingerprint density at radius 1 is 1.19 bits per heavy atom. The van der Waals surface area contributed by atoms with Gasteiger partial charge in [0.05, 0.1) is 28.7 Å². The number of nitrogens with zero attached hydrogens (tertiary/aromatic N) is 4. The number of para-hydroxylation sites is 3. The quantitative estimate of drug-likeness (QED) is 0.576. The second-order valence-electron chi connectivity index (χ2n) is 9.80. The van der Waals surface area contributed by atoms with Gasteiger partial charge in [-0.1, -0.05) is 44.2 Å². The predicted molar refractivity (Wildman–Crippen MR) is 133 cm³/mol. The van der Waals surface area contributed by atoms with E-state index in [2.05, 4.69) is 26.7 Å². The zero-order valence-corrected chi connectivity index (χ0v) is 20.1. The second-order valence-corrected chi connectivity index (χ2v) is 9.80. The molecule has 2 aromatic carbocycles. The lowest BCUT2D eigenvalue weighted by molar-refractivity contribution is -0.134. The lowest BCUT2D eigenvalue weighted by Gasteiger charge is -2.28. The smallest absolute Gasteiger partial charge is 0.272 e. The third kappa shape index (κ3) is 3.94. The van der Waals surface area contributed by atoms with Crippen LogP contribution >= 0.6 is 0 Å². The van der Waals surface area contributed by atoms with E-state index in [1.807, 2.05) is 50.2 Å². The molecular formula is C27H26N6O3. The highest BCUT2D eigenvalue weighted by Crippen LogP contribution is 2.46. The molecule has 9 heteroatoms. The molecule has 1 aromatic heterocycles. The van der Waals surface area contributed by atoms with Crippen LogP contribution in [0.2, 0.25) is 0 Å². The Morgan fingerprint density at radius 2 is 1.92 bits per heavy atom. The number of anilines is 1. The summed E-state index contributed by atoms with van der Waals surface area (Å²) in [5, 5.41) is 15.6. The van der Waals surface area contributed by atoms with Crippen LogP contribution in [0.5, 0.6) is 0 Å². The van der Waals surface area contributed by atoms with Gasteiger partial charge < -0.3 is 15.5 Å². The highest BCUT2D eigenvalue weighted by atomic mass is 16.2. The zero-order chi connectivity index (χ0) is 25.4. The Hall–Kier alpha value is -4.32. The van der Waals surface area contributed by atoms with Gasteiger partial charge in [-0.3, -0.25) is 19.4 Å². The number of likely N-dealkylation sites (tertiary alicyclic amines) is 1. The minimum Gasteiger partial charge on any atom is -0.339 e. The van der Waals surface area contributed by atoms with Gasteiger partial charge in [-0.05, 0) is 36.1 Å². The van der Waals surface area contributed by atoms with Crippen LogP contribution in [-0.4, -0.2) is 51.2 Å². The van der Waals surface area contributed by atoms with Crippen molar-refractivity contribution >= 4 is 34.4 Å². The number of aromatic nitrogens is 2. The van der Waals surface area contributed by atoms with E-state index in [9.17, 15) is 19.6 Å². The van der Waals surface area contributed by atoms with Crippen molar-refractivity contribution in [3.05, 3.63) is 66.0 Å². The molecule has 2 aliphatic rings. The zero-order valence-electron chi connectivity index (χ0n) is 20.1. The Labute approximate surface area is 208 Å². The van der Waals surface area contributed by atoms with Gasteiger partial charge >= 0.3 is 0 Å². The minimum absolute atomic E-state index is 0.0765. The number of fused-ring (bicyclic) bond motifs is 3. The van der Waals surface area contributed by atoms with Crippen molar-refractivity contribution in [3.8, 4) is 6.07 Å². The first-order valence-electron chi connectivity index (χ1n) is 12.0. The van der Waals surface area contributed by atoms with E-state index in [0.29, 0.717) is 23.1 Å². The maximum Gasteiger partial charge on any atom is 0.272 e. The lowest BCUT2D eigenvalue weighted by Crippen LogP contribution is -2.51. The minimum atomic E-state index is -0.983. The average molecular weight is 483 g/mol. The number of nitriles is 1. The maximum absolute atomic E-state index is 13.8. The van der Waals surface area contributed by atoms with Gasteiger partial charge in [0.15, 0.2) is 0 Å². The molecule has 0 radical (unpaired) electrons. The molecular weight excluding hydrogens is 456 g/mol.